The fourth-order valence-corrected chi connectivity index (χ4v) is 1.92. The summed E-state index contributed by atoms with van der Waals surface area (Å²) < 4.78 is 5.30. The Morgan fingerprint density at radius 3 is 2.63 bits per heavy atom. The van der Waals surface area contributed by atoms with Crippen molar-refractivity contribution < 1.29 is 9.53 Å². The second-order valence-electron chi connectivity index (χ2n) is 4.74. The Morgan fingerprint density at radius 2 is 2.16 bits per heavy atom. The van der Waals surface area contributed by atoms with Crippen LogP contribution in [0.15, 0.2) is 24.8 Å². The quantitative estimate of drug-likeness (QED) is 0.817. The van der Waals surface area contributed by atoms with E-state index in [1.165, 1.54) is 5.01 Å². The summed E-state index contributed by atoms with van der Waals surface area (Å²) in [4.78, 5) is 12.0. The number of carbonyl (C=O) groups excluding carboxylic acids is 1. The Kier molecular flexibility index (Phi) is 3.05. The zero-order valence-electron chi connectivity index (χ0n) is 11.2. The van der Waals surface area contributed by atoms with Crippen molar-refractivity contribution in [1.82, 2.24) is 5.01 Å². The Labute approximate surface area is 112 Å². The zero-order valence-corrected chi connectivity index (χ0v) is 11.2. The maximum absolute atomic E-state index is 12.0. The van der Waals surface area contributed by atoms with Crippen LogP contribution < -0.4 is 5.01 Å². The second kappa shape index (κ2) is 4.41. The van der Waals surface area contributed by atoms with Crippen LogP contribution in [0.2, 0.25) is 0 Å². The molecule has 0 radical (unpaired) electrons. The van der Waals surface area contributed by atoms with E-state index in [0.29, 0.717) is 11.3 Å². The van der Waals surface area contributed by atoms with Crippen LogP contribution in [0.3, 0.4) is 0 Å². The van der Waals surface area contributed by atoms with Crippen LogP contribution in [0.1, 0.15) is 25.0 Å². The minimum Gasteiger partial charge on any atom is -0.425 e. The summed E-state index contributed by atoms with van der Waals surface area (Å²) in [6, 6.07) is 7.15. The average molecular weight is 257 g/mol. The van der Waals surface area contributed by atoms with E-state index in [9.17, 15) is 4.79 Å². The van der Waals surface area contributed by atoms with Gasteiger partial charge in [-0.1, -0.05) is 18.7 Å². The predicted octanol–water partition coefficient (Wildman–Crippen LogP) is 2.74. The molecule has 0 saturated carbocycles. The van der Waals surface area contributed by atoms with Gasteiger partial charge in [0.2, 0.25) is 0 Å². The number of amides is 1. The average Bonchev–Trinajstić information content (AvgIpc) is 2.57. The summed E-state index contributed by atoms with van der Waals surface area (Å²) in [6.07, 6.45) is 1.17. The van der Waals surface area contributed by atoms with Gasteiger partial charge in [0.15, 0.2) is 5.72 Å². The van der Waals surface area contributed by atoms with Gasteiger partial charge in [0.25, 0.3) is 0 Å². The number of hydrogen-bond donors (Lipinski definition) is 0. The SMILES string of the molecule is C=Cc1ccc(C#N)cc1N1C(=O)OC(C)(C)N1C. The molecule has 1 aromatic carbocycles. The summed E-state index contributed by atoms with van der Waals surface area (Å²) in [7, 11) is 1.76. The van der Waals surface area contributed by atoms with Crippen LogP contribution >= 0.6 is 0 Å². The van der Waals surface area contributed by atoms with Gasteiger partial charge in [-0.25, -0.2) is 9.80 Å². The van der Waals surface area contributed by atoms with Crippen LogP contribution in [0.5, 0.6) is 0 Å². The molecule has 0 atom stereocenters. The number of hydrazine groups is 1. The molecular weight excluding hydrogens is 242 g/mol. The van der Waals surface area contributed by atoms with Gasteiger partial charge >= 0.3 is 6.09 Å². The first kappa shape index (κ1) is 13.1. The van der Waals surface area contributed by atoms with Crippen LogP contribution in [0.4, 0.5) is 10.5 Å². The Morgan fingerprint density at radius 1 is 1.47 bits per heavy atom. The number of cyclic esters (lactones) is 1. The van der Waals surface area contributed by atoms with Crippen LogP contribution in [0.25, 0.3) is 6.08 Å². The lowest BCUT2D eigenvalue weighted by atomic mass is 10.1. The summed E-state index contributed by atoms with van der Waals surface area (Å²) in [5.41, 5.74) is 1.11. The predicted molar refractivity (Wildman–Crippen MR) is 72.1 cm³/mol. The highest BCUT2D eigenvalue weighted by atomic mass is 16.6. The van der Waals surface area contributed by atoms with E-state index in [0.717, 1.165) is 5.56 Å². The topological polar surface area (TPSA) is 56.6 Å². The number of carbonyl (C=O) groups is 1. The fourth-order valence-electron chi connectivity index (χ4n) is 1.92. The molecule has 1 aliphatic rings. The number of nitriles is 1. The lowest BCUT2D eigenvalue weighted by Gasteiger charge is -2.29. The highest BCUT2D eigenvalue weighted by Gasteiger charge is 2.44. The normalized spacial score (nSPS) is 18.0. The summed E-state index contributed by atoms with van der Waals surface area (Å²) in [6.45, 7) is 7.32. The van der Waals surface area contributed by atoms with Crippen LogP contribution in [-0.2, 0) is 4.74 Å². The second-order valence-corrected chi connectivity index (χ2v) is 4.74. The van der Waals surface area contributed by atoms with E-state index in [1.807, 2.05) is 0 Å². The van der Waals surface area contributed by atoms with Crippen LogP contribution in [0, 0.1) is 11.3 Å². The van der Waals surface area contributed by atoms with E-state index in [-0.39, 0.29) is 0 Å². The van der Waals surface area contributed by atoms with Crippen LogP contribution in [-0.4, -0.2) is 23.9 Å². The molecule has 2 rings (SSSR count). The zero-order chi connectivity index (χ0) is 14.2. The number of anilines is 1. The Balaban J connectivity index is 2.55. The van der Waals surface area contributed by atoms with Crippen molar-refractivity contribution in [1.29, 1.82) is 5.26 Å². The molecule has 1 amide bonds. The van der Waals surface area contributed by atoms with Gasteiger partial charge in [-0.05, 0) is 31.5 Å². The largest absolute Gasteiger partial charge is 0.431 e. The van der Waals surface area contributed by atoms with Crippen molar-refractivity contribution in [2.45, 2.75) is 19.6 Å². The van der Waals surface area contributed by atoms with Gasteiger partial charge in [0.05, 0.1) is 17.3 Å². The molecule has 1 aliphatic heterocycles. The monoisotopic (exact) mass is 257 g/mol. The van der Waals surface area contributed by atoms with Gasteiger partial charge < -0.3 is 4.74 Å². The van der Waals surface area contributed by atoms with Gasteiger partial charge in [0.1, 0.15) is 0 Å². The molecule has 1 fully saturated rings. The maximum atomic E-state index is 12.0. The third-order valence-electron chi connectivity index (χ3n) is 3.20. The first-order chi connectivity index (χ1) is 8.90. The van der Waals surface area contributed by atoms with Crippen molar-refractivity contribution in [3.05, 3.63) is 35.9 Å². The molecule has 1 heterocycles. The molecule has 0 aliphatic carbocycles. The molecule has 0 spiro atoms. The highest BCUT2D eigenvalue weighted by Crippen LogP contribution is 2.33. The Bertz CT molecular complexity index is 587. The molecule has 0 unspecified atom stereocenters. The lowest BCUT2D eigenvalue weighted by Crippen LogP contribution is -2.44. The number of nitrogens with zero attached hydrogens (tertiary/aromatic N) is 3. The molecule has 5 heteroatoms. The summed E-state index contributed by atoms with van der Waals surface area (Å²) >= 11 is 0. The standard InChI is InChI=1S/C14H15N3O2/c1-5-11-7-6-10(9-15)8-12(11)17-13(18)19-14(2,3)16(17)4/h5-8H,1H2,2-4H3. The third-order valence-corrected chi connectivity index (χ3v) is 3.20. The van der Waals surface area contributed by atoms with Crippen molar-refractivity contribution >= 4 is 17.9 Å². The number of ether oxygens (including phenoxy) is 1. The molecule has 5 nitrogen and oxygen atoms in total. The smallest absolute Gasteiger partial charge is 0.425 e. The van der Waals surface area contributed by atoms with Crippen molar-refractivity contribution in [3.63, 3.8) is 0 Å². The fraction of sp³-hybridized carbons (Fsp3) is 0.286. The molecule has 98 valence electrons. The minimum absolute atomic E-state index is 0.467. The van der Waals surface area contributed by atoms with Crippen molar-refractivity contribution in [2.75, 3.05) is 12.1 Å². The number of rotatable bonds is 2. The minimum atomic E-state index is -0.724. The Hall–Kier alpha value is -2.32. The van der Waals surface area contributed by atoms with Gasteiger partial charge in [-0.15, -0.1) is 0 Å². The lowest BCUT2D eigenvalue weighted by molar-refractivity contribution is -0.0124. The molecule has 1 saturated heterocycles. The van der Waals surface area contributed by atoms with E-state index >= 15 is 0 Å². The third kappa shape index (κ3) is 2.07. The molecule has 19 heavy (non-hydrogen) atoms. The molecule has 1 aromatic rings. The molecule has 0 N–H and O–H groups in total. The number of hydrogen-bond acceptors (Lipinski definition) is 4. The van der Waals surface area contributed by atoms with E-state index in [4.69, 9.17) is 10.00 Å². The molecule has 0 aromatic heterocycles. The highest BCUT2D eigenvalue weighted by molar-refractivity contribution is 5.91. The van der Waals surface area contributed by atoms with Crippen molar-refractivity contribution in [3.8, 4) is 6.07 Å². The summed E-state index contributed by atoms with van der Waals surface area (Å²) in [5, 5.41) is 12.1. The number of benzene rings is 1. The molecule has 0 bridgehead atoms. The van der Waals surface area contributed by atoms with Crippen molar-refractivity contribution in [2.24, 2.45) is 0 Å². The maximum Gasteiger partial charge on any atom is 0.431 e. The van der Waals surface area contributed by atoms with Gasteiger partial charge in [0, 0.05) is 7.05 Å². The van der Waals surface area contributed by atoms with E-state index in [1.54, 1.807) is 50.2 Å². The molecular formula is C14H15N3O2. The van der Waals surface area contributed by atoms with Gasteiger partial charge in [-0.3, -0.25) is 0 Å². The first-order valence-electron chi connectivity index (χ1n) is 5.84. The summed E-state index contributed by atoms with van der Waals surface area (Å²) in [5.74, 6) is 0. The van der Waals surface area contributed by atoms with Gasteiger partial charge in [-0.2, -0.15) is 10.3 Å². The first-order valence-corrected chi connectivity index (χ1v) is 5.84. The van der Waals surface area contributed by atoms with E-state index in [2.05, 4.69) is 12.6 Å². The van der Waals surface area contributed by atoms with E-state index < -0.39 is 11.8 Å².